The van der Waals surface area contributed by atoms with Gasteiger partial charge >= 0.3 is 6.18 Å². The van der Waals surface area contributed by atoms with Gasteiger partial charge in [-0.1, -0.05) is 34.1 Å². The molecule has 0 aromatic heterocycles. The molecule has 2 amide bonds. The monoisotopic (exact) mass is 591 g/mol. The van der Waals surface area contributed by atoms with E-state index >= 15 is 0 Å². The number of nitrogens with zero attached hydrogens (tertiary/aromatic N) is 2. The minimum atomic E-state index is -4.63. The molecule has 2 aromatic rings. The Morgan fingerprint density at radius 3 is 2.36 bits per heavy atom. The van der Waals surface area contributed by atoms with E-state index in [9.17, 15) is 31.2 Å². The molecule has 0 radical (unpaired) electrons. The molecule has 0 bridgehead atoms. The Balaban J connectivity index is 2.20. The van der Waals surface area contributed by atoms with E-state index in [0.717, 1.165) is 38.8 Å². The summed E-state index contributed by atoms with van der Waals surface area (Å²) >= 11 is 3.38. The normalized spacial score (nSPS) is 12.6. The van der Waals surface area contributed by atoms with Crippen molar-refractivity contribution in [1.82, 2.24) is 10.2 Å². The lowest BCUT2D eigenvalue weighted by molar-refractivity contribution is -0.140. The first kappa shape index (κ1) is 29.6. The second kappa shape index (κ2) is 12.6. The zero-order valence-electron chi connectivity index (χ0n) is 20.2. The van der Waals surface area contributed by atoms with Gasteiger partial charge in [0.15, 0.2) is 0 Å². The quantitative estimate of drug-likeness (QED) is 0.415. The van der Waals surface area contributed by atoms with E-state index < -0.39 is 27.8 Å². The maximum Gasteiger partial charge on any atom is 0.416 e. The predicted molar refractivity (Wildman–Crippen MR) is 136 cm³/mol. The molecule has 12 heteroatoms. The molecule has 0 aliphatic rings. The number of hydrogen-bond donors (Lipinski definition) is 1. The number of amides is 2. The second-order valence-electron chi connectivity index (χ2n) is 8.21. The lowest BCUT2D eigenvalue weighted by Gasteiger charge is -2.29. The summed E-state index contributed by atoms with van der Waals surface area (Å²) < 4.78 is 65.7. The van der Waals surface area contributed by atoms with Crippen LogP contribution in [0.2, 0.25) is 0 Å². The van der Waals surface area contributed by atoms with Crippen LogP contribution >= 0.6 is 15.9 Å². The minimum absolute atomic E-state index is 0.0409. The van der Waals surface area contributed by atoms with Crippen LogP contribution < -0.4 is 9.62 Å². The topological polar surface area (TPSA) is 86.8 Å². The number of likely N-dealkylation sites (N-methyl/N-ethyl adjacent to an activating group) is 1. The SMILES string of the molecule is CCNC(=O)[C@@H](C)N(Cc1cccc(Br)c1)C(=O)CCCN(c1cccc(C(F)(F)F)c1)S(C)(=O)=O. The summed E-state index contributed by atoms with van der Waals surface area (Å²) in [5.41, 5.74) is -0.322. The van der Waals surface area contributed by atoms with Gasteiger partial charge in [-0.25, -0.2) is 8.42 Å². The average molecular weight is 592 g/mol. The molecular formula is C24H29BrF3N3O4S. The van der Waals surface area contributed by atoms with E-state index in [-0.39, 0.29) is 43.4 Å². The first-order chi connectivity index (χ1) is 16.7. The third kappa shape index (κ3) is 8.51. The minimum Gasteiger partial charge on any atom is -0.355 e. The van der Waals surface area contributed by atoms with Gasteiger partial charge in [0.1, 0.15) is 6.04 Å². The molecule has 0 saturated carbocycles. The van der Waals surface area contributed by atoms with Crippen LogP contribution in [0.5, 0.6) is 0 Å². The Kier molecular flexibility index (Phi) is 10.4. The van der Waals surface area contributed by atoms with E-state index in [1.54, 1.807) is 19.9 Å². The molecular weight excluding hydrogens is 563 g/mol. The average Bonchev–Trinajstić information content (AvgIpc) is 2.78. The number of alkyl halides is 3. The highest BCUT2D eigenvalue weighted by atomic mass is 79.9. The highest BCUT2D eigenvalue weighted by molar-refractivity contribution is 9.10. The van der Waals surface area contributed by atoms with E-state index in [4.69, 9.17) is 0 Å². The van der Waals surface area contributed by atoms with Crippen LogP contribution in [0.4, 0.5) is 18.9 Å². The van der Waals surface area contributed by atoms with Gasteiger partial charge in [-0.15, -0.1) is 0 Å². The molecule has 0 aliphatic heterocycles. The van der Waals surface area contributed by atoms with E-state index in [1.165, 1.54) is 11.0 Å². The van der Waals surface area contributed by atoms with Crippen molar-refractivity contribution in [3.63, 3.8) is 0 Å². The summed E-state index contributed by atoms with van der Waals surface area (Å²) in [7, 11) is -3.92. The first-order valence-electron chi connectivity index (χ1n) is 11.2. The Bertz CT molecular complexity index is 1180. The van der Waals surface area contributed by atoms with Crippen molar-refractivity contribution in [3.05, 3.63) is 64.1 Å². The number of halogens is 4. The van der Waals surface area contributed by atoms with Crippen LogP contribution in [0.3, 0.4) is 0 Å². The van der Waals surface area contributed by atoms with Crippen molar-refractivity contribution in [3.8, 4) is 0 Å². The lowest BCUT2D eigenvalue weighted by atomic mass is 10.1. The zero-order chi connectivity index (χ0) is 27.1. The summed E-state index contributed by atoms with van der Waals surface area (Å²) in [6, 6.07) is 10.5. The first-order valence-corrected chi connectivity index (χ1v) is 13.8. The zero-order valence-corrected chi connectivity index (χ0v) is 22.6. The van der Waals surface area contributed by atoms with Crippen molar-refractivity contribution in [1.29, 1.82) is 0 Å². The number of benzene rings is 2. The molecule has 0 saturated heterocycles. The third-order valence-electron chi connectivity index (χ3n) is 5.37. The molecule has 1 N–H and O–H groups in total. The maximum atomic E-state index is 13.2. The van der Waals surface area contributed by atoms with Crippen molar-refractivity contribution < 1.29 is 31.2 Å². The maximum absolute atomic E-state index is 13.2. The van der Waals surface area contributed by atoms with Crippen molar-refractivity contribution in [2.45, 2.75) is 45.5 Å². The molecule has 36 heavy (non-hydrogen) atoms. The van der Waals surface area contributed by atoms with E-state index in [1.807, 2.05) is 18.2 Å². The third-order valence-corrected chi connectivity index (χ3v) is 7.06. The fourth-order valence-electron chi connectivity index (χ4n) is 3.58. The van der Waals surface area contributed by atoms with E-state index in [2.05, 4.69) is 21.2 Å². The Morgan fingerprint density at radius 2 is 1.78 bits per heavy atom. The van der Waals surface area contributed by atoms with Crippen molar-refractivity contribution >= 4 is 43.5 Å². The van der Waals surface area contributed by atoms with Crippen LogP contribution in [-0.2, 0) is 32.3 Å². The number of rotatable bonds is 11. The molecule has 0 heterocycles. The summed E-state index contributed by atoms with van der Waals surface area (Å²) in [6.07, 6.45) is -3.80. The molecule has 7 nitrogen and oxygen atoms in total. The summed E-state index contributed by atoms with van der Waals surface area (Å²) in [5.74, 6) is -0.714. The predicted octanol–water partition coefficient (Wildman–Crippen LogP) is 4.57. The second-order valence-corrected chi connectivity index (χ2v) is 11.0. The molecule has 2 aromatic carbocycles. The largest absolute Gasteiger partial charge is 0.416 e. The molecule has 0 spiro atoms. The molecule has 198 valence electrons. The number of carbonyl (C=O) groups excluding carboxylic acids is 2. The summed E-state index contributed by atoms with van der Waals surface area (Å²) in [5, 5.41) is 2.69. The van der Waals surface area contributed by atoms with Gasteiger partial charge in [0.05, 0.1) is 17.5 Å². The number of sulfonamides is 1. The fraction of sp³-hybridized carbons (Fsp3) is 0.417. The van der Waals surface area contributed by atoms with Crippen LogP contribution in [0.1, 0.15) is 37.8 Å². The van der Waals surface area contributed by atoms with Crippen LogP contribution in [0.25, 0.3) is 0 Å². The fourth-order valence-corrected chi connectivity index (χ4v) is 4.98. The summed E-state index contributed by atoms with van der Waals surface area (Å²) in [6.45, 7) is 3.71. The highest BCUT2D eigenvalue weighted by Gasteiger charge is 2.32. The van der Waals surface area contributed by atoms with Gasteiger partial charge in [0.2, 0.25) is 21.8 Å². The number of hydrogen-bond acceptors (Lipinski definition) is 4. The smallest absolute Gasteiger partial charge is 0.355 e. The van der Waals surface area contributed by atoms with Gasteiger partial charge in [-0.05, 0) is 56.2 Å². The Morgan fingerprint density at radius 1 is 1.11 bits per heavy atom. The van der Waals surface area contributed by atoms with Gasteiger partial charge < -0.3 is 10.2 Å². The van der Waals surface area contributed by atoms with Crippen LogP contribution in [0, 0.1) is 0 Å². The van der Waals surface area contributed by atoms with Gasteiger partial charge in [-0.2, -0.15) is 13.2 Å². The molecule has 1 atom stereocenters. The Hall–Kier alpha value is -2.60. The molecule has 2 rings (SSSR count). The van der Waals surface area contributed by atoms with Gasteiger partial charge in [0.25, 0.3) is 0 Å². The molecule has 0 unspecified atom stereocenters. The van der Waals surface area contributed by atoms with Gasteiger partial charge in [-0.3, -0.25) is 13.9 Å². The van der Waals surface area contributed by atoms with Crippen molar-refractivity contribution in [2.24, 2.45) is 0 Å². The number of carbonyl (C=O) groups is 2. The Labute approximate surface area is 217 Å². The number of anilines is 1. The van der Waals surface area contributed by atoms with Crippen molar-refractivity contribution in [2.75, 3.05) is 23.7 Å². The number of nitrogens with one attached hydrogen (secondary N) is 1. The summed E-state index contributed by atoms with van der Waals surface area (Å²) in [4.78, 5) is 27.0. The van der Waals surface area contributed by atoms with Crippen LogP contribution in [-0.4, -0.2) is 50.5 Å². The standard InChI is InChI=1S/C24H29BrF3N3O4S/c1-4-29-23(33)17(2)30(16-18-8-5-10-20(25)14-18)22(32)12-7-13-31(36(3,34)35)21-11-6-9-19(15-21)24(26,27)28/h5-6,8-11,14-15,17H,4,7,12-13,16H2,1-3H3,(H,29,33)/t17-/m1/s1. The molecule has 0 aliphatic carbocycles. The lowest BCUT2D eigenvalue weighted by Crippen LogP contribution is -2.47. The molecule has 0 fully saturated rings. The van der Waals surface area contributed by atoms with Gasteiger partial charge in [0, 0.05) is 30.5 Å². The highest BCUT2D eigenvalue weighted by Crippen LogP contribution is 2.32. The van der Waals surface area contributed by atoms with E-state index in [0.29, 0.717) is 6.54 Å². The van der Waals surface area contributed by atoms with Crippen LogP contribution in [0.15, 0.2) is 53.0 Å².